The summed E-state index contributed by atoms with van der Waals surface area (Å²) in [6.45, 7) is 1.65. The Balaban J connectivity index is 1.42. The van der Waals surface area contributed by atoms with Crippen LogP contribution in [0, 0.1) is 17.2 Å². The van der Waals surface area contributed by atoms with Crippen molar-refractivity contribution in [2.75, 3.05) is 11.9 Å². The van der Waals surface area contributed by atoms with Gasteiger partial charge in [0.05, 0.1) is 5.92 Å². The first kappa shape index (κ1) is 25.9. The molecule has 10 nitrogen and oxygen atoms in total. The average Bonchev–Trinajstić information content (AvgIpc) is 3.34. The molecular formula is C28H24N4O6. The highest BCUT2D eigenvalue weighted by molar-refractivity contribution is 5.91. The lowest BCUT2D eigenvalue weighted by molar-refractivity contribution is -0.142. The number of carbonyl (C=O) groups excluding carboxylic acids is 1. The molecule has 0 bridgehead atoms. The molecular weight excluding hydrogens is 488 g/mol. The molecule has 2 heterocycles. The van der Waals surface area contributed by atoms with Crippen LogP contribution in [0.25, 0.3) is 11.3 Å². The average molecular weight is 513 g/mol. The Labute approximate surface area is 218 Å². The van der Waals surface area contributed by atoms with Crippen molar-refractivity contribution in [3.8, 4) is 23.3 Å². The molecule has 2 unspecified atom stereocenters. The standard InChI is InChI=1S/C28H24N4O6/c1-18(20-10-6-3-7-11-20)37-28(35)31-25-23(15-29)32-38-26(25)21-12-13-24(30-16-21)36-17-22(27(33)34)14-19-8-4-2-5-9-19/h2-13,16,18,22H,14,17H2,1H3,(H,31,35)(H,33,34). The van der Waals surface area contributed by atoms with Gasteiger partial charge in [-0.15, -0.1) is 0 Å². The predicted molar refractivity (Wildman–Crippen MR) is 136 cm³/mol. The van der Waals surface area contributed by atoms with Gasteiger partial charge in [0, 0.05) is 17.8 Å². The quantitative estimate of drug-likeness (QED) is 0.291. The monoisotopic (exact) mass is 512 g/mol. The first-order chi connectivity index (χ1) is 18.4. The number of hydrogen-bond donors (Lipinski definition) is 2. The minimum absolute atomic E-state index is 0.0435. The van der Waals surface area contributed by atoms with Gasteiger partial charge in [-0.1, -0.05) is 65.8 Å². The number of pyridine rings is 1. The van der Waals surface area contributed by atoms with Crippen LogP contribution in [0.1, 0.15) is 29.8 Å². The van der Waals surface area contributed by atoms with Crippen molar-refractivity contribution in [1.29, 1.82) is 5.26 Å². The number of amides is 1. The molecule has 2 N–H and O–H groups in total. The SMILES string of the molecule is CC(OC(=O)Nc1c(C#N)noc1-c1ccc(OCC(Cc2ccccc2)C(=O)O)nc1)c1ccccc1. The van der Waals surface area contributed by atoms with Crippen molar-refractivity contribution in [1.82, 2.24) is 10.1 Å². The lowest BCUT2D eigenvalue weighted by atomic mass is 10.0. The largest absolute Gasteiger partial charge is 0.481 e. The van der Waals surface area contributed by atoms with Crippen LogP contribution in [-0.4, -0.2) is 33.9 Å². The number of rotatable bonds is 10. The van der Waals surface area contributed by atoms with Gasteiger partial charge in [-0.2, -0.15) is 5.26 Å². The molecule has 10 heteroatoms. The van der Waals surface area contributed by atoms with Gasteiger partial charge < -0.3 is 19.1 Å². The van der Waals surface area contributed by atoms with E-state index in [1.54, 1.807) is 13.0 Å². The zero-order valence-corrected chi connectivity index (χ0v) is 20.4. The van der Waals surface area contributed by atoms with Gasteiger partial charge in [-0.05, 0) is 30.5 Å². The third kappa shape index (κ3) is 6.53. The summed E-state index contributed by atoms with van der Waals surface area (Å²) in [5.74, 6) is -1.41. The van der Waals surface area contributed by atoms with Crippen molar-refractivity contribution in [3.63, 3.8) is 0 Å². The van der Waals surface area contributed by atoms with Gasteiger partial charge in [0.2, 0.25) is 11.6 Å². The van der Waals surface area contributed by atoms with E-state index < -0.39 is 24.1 Å². The van der Waals surface area contributed by atoms with Gasteiger partial charge >= 0.3 is 12.1 Å². The molecule has 2 aromatic carbocycles. The van der Waals surface area contributed by atoms with Crippen molar-refractivity contribution >= 4 is 17.7 Å². The van der Waals surface area contributed by atoms with Crippen LogP contribution >= 0.6 is 0 Å². The Morgan fingerprint density at radius 1 is 1.08 bits per heavy atom. The second-order valence-electron chi connectivity index (χ2n) is 8.35. The van der Waals surface area contributed by atoms with Crippen LogP contribution in [0.2, 0.25) is 0 Å². The van der Waals surface area contributed by atoms with Gasteiger partial charge in [0.15, 0.2) is 5.76 Å². The maximum Gasteiger partial charge on any atom is 0.412 e. The fourth-order valence-electron chi connectivity index (χ4n) is 3.67. The number of carbonyl (C=O) groups is 2. The maximum absolute atomic E-state index is 12.5. The number of hydrogen-bond acceptors (Lipinski definition) is 8. The molecule has 0 saturated carbocycles. The van der Waals surface area contributed by atoms with Crippen LogP contribution in [0.15, 0.2) is 83.5 Å². The summed E-state index contributed by atoms with van der Waals surface area (Å²) in [6, 6.07) is 23.5. The summed E-state index contributed by atoms with van der Waals surface area (Å²) in [5, 5.41) is 25.2. The first-order valence-corrected chi connectivity index (χ1v) is 11.7. The van der Waals surface area contributed by atoms with Gasteiger partial charge in [0.1, 0.15) is 24.5 Å². The summed E-state index contributed by atoms with van der Waals surface area (Å²) in [7, 11) is 0. The molecule has 0 saturated heterocycles. The second-order valence-corrected chi connectivity index (χ2v) is 8.35. The summed E-state index contributed by atoms with van der Waals surface area (Å²) in [5.41, 5.74) is 2.03. The lowest BCUT2D eigenvalue weighted by Crippen LogP contribution is -2.24. The van der Waals surface area contributed by atoms with E-state index in [0.717, 1.165) is 11.1 Å². The third-order valence-corrected chi connectivity index (χ3v) is 5.68. The summed E-state index contributed by atoms with van der Waals surface area (Å²) in [6.07, 6.45) is 0.415. The fourth-order valence-corrected chi connectivity index (χ4v) is 3.67. The topological polar surface area (TPSA) is 148 Å². The summed E-state index contributed by atoms with van der Waals surface area (Å²) < 4.78 is 16.3. The van der Waals surface area contributed by atoms with Crippen LogP contribution < -0.4 is 10.1 Å². The Morgan fingerprint density at radius 2 is 1.79 bits per heavy atom. The minimum Gasteiger partial charge on any atom is -0.481 e. The van der Waals surface area contributed by atoms with Crippen molar-refractivity contribution < 1.29 is 28.7 Å². The number of benzene rings is 2. The van der Waals surface area contributed by atoms with Crippen molar-refractivity contribution in [2.24, 2.45) is 5.92 Å². The molecule has 1 amide bonds. The number of ether oxygens (including phenoxy) is 2. The second kappa shape index (κ2) is 12.2. The Kier molecular flexibility index (Phi) is 8.31. The smallest absolute Gasteiger partial charge is 0.412 e. The lowest BCUT2D eigenvalue weighted by Gasteiger charge is -2.14. The van der Waals surface area contributed by atoms with Crippen LogP contribution in [0.4, 0.5) is 10.5 Å². The molecule has 0 fully saturated rings. The highest BCUT2D eigenvalue weighted by Crippen LogP contribution is 2.32. The van der Waals surface area contributed by atoms with Gasteiger partial charge in [0.25, 0.3) is 0 Å². The zero-order chi connectivity index (χ0) is 26.9. The Hall–Kier alpha value is -5.17. The minimum atomic E-state index is -0.972. The molecule has 0 spiro atoms. The molecule has 0 radical (unpaired) electrons. The van der Waals surface area contributed by atoms with E-state index in [0.29, 0.717) is 12.0 Å². The molecule has 4 aromatic rings. The molecule has 0 aliphatic carbocycles. The number of carboxylic acid groups (broad SMARTS) is 1. The van der Waals surface area contributed by atoms with Gasteiger partial charge in [-0.25, -0.2) is 9.78 Å². The third-order valence-electron chi connectivity index (χ3n) is 5.68. The predicted octanol–water partition coefficient (Wildman–Crippen LogP) is 5.24. The van der Waals surface area contributed by atoms with Crippen molar-refractivity contribution in [2.45, 2.75) is 19.4 Å². The molecule has 0 aliphatic rings. The molecule has 192 valence electrons. The van der Waals surface area contributed by atoms with Gasteiger partial charge in [-0.3, -0.25) is 10.1 Å². The molecule has 38 heavy (non-hydrogen) atoms. The molecule has 2 atom stereocenters. The van der Waals surface area contributed by atoms with Crippen molar-refractivity contribution in [3.05, 3.63) is 95.8 Å². The first-order valence-electron chi connectivity index (χ1n) is 11.7. The Bertz CT molecular complexity index is 1420. The number of nitriles is 1. The Morgan fingerprint density at radius 3 is 2.42 bits per heavy atom. The van der Waals surface area contributed by atoms with E-state index >= 15 is 0 Å². The number of aliphatic carboxylic acids is 1. The number of nitrogens with zero attached hydrogens (tertiary/aromatic N) is 3. The van der Waals surface area contributed by atoms with E-state index in [9.17, 15) is 20.0 Å². The number of carboxylic acids is 1. The fraction of sp³-hybridized carbons (Fsp3) is 0.179. The van der Waals surface area contributed by atoms with Crippen LogP contribution in [0.5, 0.6) is 5.88 Å². The molecule has 2 aromatic heterocycles. The normalized spacial score (nSPS) is 12.1. The summed E-state index contributed by atoms with van der Waals surface area (Å²) in [4.78, 5) is 28.4. The summed E-state index contributed by atoms with van der Waals surface area (Å²) >= 11 is 0. The number of nitrogens with one attached hydrogen (secondary N) is 1. The molecule has 0 aliphatic heterocycles. The van der Waals surface area contributed by atoms with E-state index in [4.69, 9.17) is 14.0 Å². The van der Waals surface area contributed by atoms with E-state index in [1.807, 2.05) is 66.7 Å². The zero-order valence-electron chi connectivity index (χ0n) is 20.4. The molecule has 4 rings (SSSR count). The van der Waals surface area contributed by atoms with E-state index in [2.05, 4.69) is 15.5 Å². The highest BCUT2D eigenvalue weighted by Gasteiger charge is 2.23. The maximum atomic E-state index is 12.5. The van der Waals surface area contributed by atoms with E-state index in [1.165, 1.54) is 12.3 Å². The van der Waals surface area contributed by atoms with Crippen LogP contribution in [-0.2, 0) is 16.0 Å². The highest BCUT2D eigenvalue weighted by atomic mass is 16.6. The number of anilines is 1. The number of aromatic nitrogens is 2. The van der Waals surface area contributed by atoms with E-state index in [-0.39, 0.29) is 29.6 Å². The van der Waals surface area contributed by atoms with Crippen LogP contribution in [0.3, 0.4) is 0 Å².